The van der Waals surface area contributed by atoms with Crippen molar-refractivity contribution in [1.29, 1.82) is 0 Å². The van der Waals surface area contributed by atoms with Crippen molar-refractivity contribution in [2.45, 2.75) is 105 Å². The van der Waals surface area contributed by atoms with Gasteiger partial charge < -0.3 is 14.0 Å². The van der Waals surface area contributed by atoms with Crippen LogP contribution in [-0.4, -0.2) is 21.0 Å². The van der Waals surface area contributed by atoms with E-state index in [1.165, 1.54) is 10.9 Å². The molecule has 2 aromatic heterocycles. The van der Waals surface area contributed by atoms with E-state index in [9.17, 15) is 0 Å². The summed E-state index contributed by atoms with van der Waals surface area (Å²) in [7, 11) is 0. The van der Waals surface area contributed by atoms with Crippen molar-refractivity contribution in [3.63, 3.8) is 0 Å². The number of benzene rings is 4. The molecule has 6 aromatic rings. The summed E-state index contributed by atoms with van der Waals surface area (Å²) in [5, 5.41) is 2.31. The SMILES string of the molecule is Cc1cc(Oc2[c-]c(C3=N[C@](C)(C(C)C)[C@@](C)(c4ccccc4)O3)cc(C(C)(C)C)c2)[c-]c(-n2c3ccc(C(C)(C)C)cc3c3cc(C)cnc32)c1.[Pt+2]. The number of rotatable bonds is 6. The largest absolute Gasteiger partial charge is 2.00 e. The van der Waals surface area contributed by atoms with Gasteiger partial charge in [0.1, 0.15) is 17.1 Å². The van der Waals surface area contributed by atoms with Crippen molar-refractivity contribution >= 4 is 27.8 Å². The minimum absolute atomic E-state index is 0. The molecule has 1 aliphatic rings. The molecule has 2 atom stereocenters. The summed E-state index contributed by atoms with van der Waals surface area (Å²) in [6, 6.07) is 35.0. The summed E-state index contributed by atoms with van der Waals surface area (Å²) in [5.41, 5.74) is 8.00. The zero-order valence-electron chi connectivity index (χ0n) is 33.1. The Morgan fingerprint density at radius 3 is 2.09 bits per heavy atom. The van der Waals surface area contributed by atoms with Crippen molar-refractivity contribution in [2.75, 3.05) is 0 Å². The molecule has 0 amide bonds. The summed E-state index contributed by atoms with van der Waals surface area (Å²) < 4.78 is 15.8. The average Bonchev–Trinajstić information content (AvgIpc) is 3.55. The average molecular weight is 885 g/mol. The Morgan fingerprint density at radius 2 is 1.43 bits per heavy atom. The second-order valence-corrected chi connectivity index (χ2v) is 17.3. The van der Waals surface area contributed by atoms with E-state index < -0.39 is 11.1 Å². The zero-order chi connectivity index (χ0) is 37.4. The van der Waals surface area contributed by atoms with Gasteiger partial charge >= 0.3 is 21.1 Å². The van der Waals surface area contributed by atoms with Gasteiger partial charge in [-0.25, -0.2) is 4.98 Å². The molecule has 0 radical (unpaired) electrons. The van der Waals surface area contributed by atoms with E-state index in [4.69, 9.17) is 19.5 Å². The first-order chi connectivity index (χ1) is 24.4. The van der Waals surface area contributed by atoms with Gasteiger partial charge in [0.05, 0.1) is 11.1 Å². The molecule has 0 bridgehead atoms. The fourth-order valence-electron chi connectivity index (χ4n) is 7.35. The third-order valence-electron chi connectivity index (χ3n) is 11.0. The molecule has 7 rings (SSSR count). The number of hydrogen-bond acceptors (Lipinski definition) is 4. The van der Waals surface area contributed by atoms with Crippen LogP contribution in [0.1, 0.15) is 103 Å². The Hall–Kier alpha value is -4.21. The van der Waals surface area contributed by atoms with Gasteiger partial charge in [-0.3, -0.25) is 4.99 Å². The molecule has 276 valence electrons. The molecule has 0 aliphatic carbocycles. The third kappa shape index (κ3) is 6.87. The molecule has 0 saturated carbocycles. The molecule has 0 saturated heterocycles. The number of aliphatic imine (C=N–C) groups is 1. The van der Waals surface area contributed by atoms with Crippen LogP contribution < -0.4 is 4.74 Å². The van der Waals surface area contributed by atoms with Crippen LogP contribution in [0.25, 0.3) is 27.6 Å². The van der Waals surface area contributed by atoms with Crippen LogP contribution in [0.15, 0.2) is 90.1 Å². The monoisotopic (exact) mass is 884 g/mol. The maximum Gasteiger partial charge on any atom is 2.00 e. The molecule has 0 fully saturated rings. The normalized spacial score (nSPS) is 19.0. The number of nitrogens with zero attached hydrogens (tertiary/aromatic N) is 3. The van der Waals surface area contributed by atoms with Crippen LogP contribution in [0.3, 0.4) is 0 Å². The molecule has 0 N–H and O–H groups in total. The molecule has 6 heteroatoms. The number of fused-ring (bicyclic) bond motifs is 3. The fraction of sp³-hybridized carbons (Fsp3) is 0.362. The minimum atomic E-state index is -0.661. The van der Waals surface area contributed by atoms with Crippen LogP contribution in [0.4, 0.5) is 0 Å². The van der Waals surface area contributed by atoms with Crippen LogP contribution >= 0.6 is 0 Å². The van der Waals surface area contributed by atoms with E-state index in [0.29, 0.717) is 17.4 Å². The third-order valence-corrected chi connectivity index (χ3v) is 11.0. The molecule has 5 nitrogen and oxygen atoms in total. The summed E-state index contributed by atoms with van der Waals surface area (Å²) in [4.78, 5) is 10.3. The quantitative estimate of drug-likeness (QED) is 0.157. The number of aryl methyl sites for hydroxylation is 2. The molecule has 4 aromatic carbocycles. The van der Waals surface area contributed by atoms with Gasteiger partial charge in [0, 0.05) is 28.5 Å². The summed E-state index contributed by atoms with van der Waals surface area (Å²) >= 11 is 0. The summed E-state index contributed by atoms with van der Waals surface area (Å²) in [6.45, 7) is 26.3. The molecule has 0 unspecified atom stereocenters. The predicted molar refractivity (Wildman–Crippen MR) is 214 cm³/mol. The number of aromatic nitrogens is 2. The van der Waals surface area contributed by atoms with E-state index in [1.807, 2.05) is 18.3 Å². The number of hydrogen-bond donors (Lipinski definition) is 0. The maximum absolute atomic E-state index is 6.92. The topological polar surface area (TPSA) is 48.6 Å². The van der Waals surface area contributed by atoms with Gasteiger partial charge in [-0.1, -0.05) is 122 Å². The van der Waals surface area contributed by atoms with Gasteiger partial charge in [-0.2, -0.15) is 5.56 Å². The Labute approximate surface area is 330 Å². The molecule has 3 heterocycles. The van der Waals surface area contributed by atoms with Gasteiger partial charge in [-0.15, -0.1) is 29.8 Å². The Kier molecular flexibility index (Phi) is 9.86. The summed E-state index contributed by atoms with van der Waals surface area (Å²) in [6.07, 6.45) is 1.94. The Bertz CT molecular complexity index is 2360. The molecule has 1 aliphatic heterocycles. The first kappa shape index (κ1) is 38.5. The standard InChI is InChI=1S/C47H51N3O2.Pt/c1-29(2)46(11)47(12,33-16-14-13-15-17-33)52-43(49-46)32-23-35(45(8,9)10)25-38(24-32)51-37-21-30(3)20-36(27-37)50-41-19-18-34(44(5,6)7)26-39(41)40-22-31(4)28-48-42(40)50;/h13-23,25-26,28-29H,1-12H3;/q-2;+2/t46-,47-;/m1./s1. The predicted octanol–water partition coefficient (Wildman–Crippen LogP) is 11.9. The van der Waals surface area contributed by atoms with Crippen LogP contribution in [0.2, 0.25) is 0 Å². The maximum atomic E-state index is 6.92. The van der Waals surface area contributed by atoms with Crippen molar-refractivity contribution in [3.05, 3.63) is 131 Å². The number of pyridine rings is 1. The van der Waals surface area contributed by atoms with Crippen LogP contribution in [-0.2, 0) is 42.2 Å². The number of ether oxygens (including phenoxy) is 2. The second-order valence-electron chi connectivity index (χ2n) is 17.3. The van der Waals surface area contributed by atoms with Crippen LogP contribution in [0, 0.1) is 31.9 Å². The fourth-order valence-corrected chi connectivity index (χ4v) is 7.35. The van der Waals surface area contributed by atoms with Crippen molar-refractivity contribution in [2.24, 2.45) is 10.9 Å². The van der Waals surface area contributed by atoms with Gasteiger partial charge in [0.15, 0.2) is 0 Å². The first-order valence-corrected chi connectivity index (χ1v) is 18.4. The van der Waals surface area contributed by atoms with E-state index in [1.54, 1.807) is 0 Å². The van der Waals surface area contributed by atoms with Crippen LogP contribution in [0.5, 0.6) is 11.5 Å². The minimum Gasteiger partial charge on any atom is -0.508 e. The van der Waals surface area contributed by atoms with Gasteiger partial charge in [-0.05, 0) is 72.4 Å². The first-order valence-electron chi connectivity index (χ1n) is 18.4. The van der Waals surface area contributed by atoms with E-state index >= 15 is 0 Å². The van der Waals surface area contributed by atoms with Crippen molar-refractivity contribution < 1.29 is 30.5 Å². The molecule has 53 heavy (non-hydrogen) atoms. The van der Waals surface area contributed by atoms with Crippen molar-refractivity contribution in [1.82, 2.24) is 9.55 Å². The zero-order valence-corrected chi connectivity index (χ0v) is 35.4. The Morgan fingerprint density at radius 1 is 0.755 bits per heavy atom. The van der Waals surface area contributed by atoms with Gasteiger partial charge in [0.2, 0.25) is 0 Å². The Balaban J connectivity index is 0.00000481. The molecular formula is C47H51N3O2Pt. The van der Waals surface area contributed by atoms with Gasteiger partial charge in [0.25, 0.3) is 0 Å². The van der Waals surface area contributed by atoms with E-state index in [0.717, 1.165) is 50.1 Å². The smallest absolute Gasteiger partial charge is 0.508 e. The van der Waals surface area contributed by atoms with E-state index in [2.05, 4.69) is 167 Å². The van der Waals surface area contributed by atoms with E-state index in [-0.39, 0.29) is 37.8 Å². The molecule has 0 spiro atoms. The second kappa shape index (κ2) is 13.6. The molecular weight excluding hydrogens is 834 g/mol. The van der Waals surface area contributed by atoms with Crippen molar-refractivity contribution in [3.8, 4) is 17.2 Å². The summed E-state index contributed by atoms with van der Waals surface area (Å²) in [5.74, 6) is 1.99.